The predicted octanol–water partition coefficient (Wildman–Crippen LogP) is 4.24. The second-order valence-corrected chi connectivity index (χ2v) is 6.84. The highest BCUT2D eigenvalue weighted by Crippen LogP contribution is 2.31. The Hall–Kier alpha value is -0.860. The number of likely N-dealkylation sites (N-methyl/N-ethyl adjacent to an activating group) is 1. The number of benzene rings is 1. The van der Waals surface area contributed by atoms with Gasteiger partial charge in [-0.1, -0.05) is 57.0 Å². The monoisotopic (exact) mass is 288 g/mol. The van der Waals surface area contributed by atoms with Gasteiger partial charge in [0.1, 0.15) is 0 Å². The average Bonchev–Trinajstić information content (AvgIpc) is 3.01. The molecule has 1 unspecified atom stereocenters. The van der Waals surface area contributed by atoms with E-state index in [0.717, 1.165) is 18.5 Å². The lowest BCUT2D eigenvalue weighted by Crippen LogP contribution is -2.41. The van der Waals surface area contributed by atoms with Gasteiger partial charge in [-0.3, -0.25) is 4.90 Å². The van der Waals surface area contributed by atoms with Crippen molar-refractivity contribution in [3.8, 4) is 0 Å². The van der Waals surface area contributed by atoms with E-state index < -0.39 is 0 Å². The van der Waals surface area contributed by atoms with Crippen LogP contribution in [0.2, 0.25) is 0 Å². The third kappa shape index (κ3) is 4.82. The summed E-state index contributed by atoms with van der Waals surface area (Å²) in [6.45, 7) is 6.94. The van der Waals surface area contributed by atoms with Crippen molar-refractivity contribution in [1.29, 1.82) is 0 Å². The lowest BCUT2D eigenvalue weighted by Gasteiger charge is -2.37. The molecule has 1 atom stereocenters. The molecule has 21 heavy (non-hydrogen) atoms. The smallest absolute Gasteiger partial charge is 0.0475 e. The summed E-state index contributed by atoms with van der Waals surface area (Å²) in [6, 6.07) is 12.3. The molecule has 0 saturated heterocycles. The van der Waals surface area contributed by atoms with Crippen molar-refractivity contribution in [3.05, 3.63) is 35.9 Å². The van der Waals surface area contributed by atoms with Gasteiger partial charge in [-0.05, 0) is 44.3 Å². The Morgan fingerprint density at radius 2 is 1.81 bits per heavy atom. The van der Waals surface area contributed by atoms with Crippen molar-refractivity contribution in [2.75, 3.05) is 20.1 Å². The third-order valence-corrected chi connectivity index (χ3v) is 4.74. The van der Waals surface area contributed by atoms with Crippen LogP contribution in [-0.2, 0) is 0 Å². The summed E-state index contributed by atoms with van der Waals surface area (Å²) in [5.74, 6) is 0.778. The van der Waals surface area contributed by atoms with Crippen LogP contribution in [0.15, 0.2) is 30.3 Å². The van der Waals surface area contributed by atoms with Gasteiger partial charge in [0.05, 0.1) is 0 Å². The summed E-state index contributed by atoms with van der Waals surface area (Å²) in [7, 11) is 2.07. The van der Waals surface area contributed by atoms with Crippen LogP contribution in [0, 0.1) is 5.92 Å². The van der Waals surface area contributed by atoms with E-state index in [1.165, 1.54) is 44.2 Å². The summed E-state index contributed by atoms with van der Waals surface area (Å²) in [5, 5.41) is 3.42. The molecule has 1 aromatic carbocycles. The highest BCUT2D eigenvalue weighted by Gasteiger charge is 2.29. The number of nitrogens with zero attached hydrogens (tertiary/aromatic N) is 1. The molecule has 0 heterocycles. The molecule has 0 aromatic heterocycles. The maximum Gasteiger partial charge on any atom is 0.0475 e. The van der Waals surface area contributed by atoms with Gasteiger partial charge >= 0.3 is 0 Å². The zero-order chi connectivity index (χ0) is 15.1. The molecule has 2 nitrogen and oxygen atoms in total. The molecule has 118 valence electrons. The fourth-order valence-corrected chi connectivity index (χ4v) is 3.53. The molecule has 1 aromatic rings. The van der Waals surface area contributed by atoms with E-state index in [2.05, 4.69) is 61.4 Å². The van der Waals surface area contributed by atoms with Gasteiger partial charge in [0.15, 0.2) is 0 Å². The molecule has 2 rings (SSSR count). The van der Waals surface area contributed by atoms with Crippen LogP contribution in [-0.4, -0.2) is 31.1 Å². The minimum absolute atomic E-state index is 0.512. The Bertz CT molecular complexity index is 382. The van der Waals surface area contributed by atoms with Gasteiger partial charge in [-0.15, -0.1) is 0 Å². The quantitative estimate of drug-likeness (QED) is 0.770. The highest BCUT2D eigenvalue weighted by molar-refractivity contribution is 5.20. The van der Waals surface area contributed by atoms with E-state index in [4.69, 9.17) is 0 Å². The van der Waals surface area contributed by atoms with Gasteiger partial charge in [0, 0.05) is 18.6 Å². The molecular formula is C19H32N2. The van der Waals surface area contributed by atoms with Crippen molar-refractivity contribution < 1.29 is 0 Å². The van der Waals surface area contributed by atoms with Gasteiger partial charge in [-0.25, -0.2) is 0 Å². The predicted molar refractivity (Wildman–Crippen MR) is 91.5 cm³/mol. The summed E-state index contributed by atoms with van der Waals surface area (Å²) < 4.78 is 0. The molecule has 0 bridgehead atoms. The van der Waals surface area contributed by atoms with Crippen molar-refractivity contribution in [2.24, 2.45) is 5.92 Å². The maximum absolute atomic E-state index is 3.42. The van der Waals surface area contributed by atoms with Gasteiger partial charge in [0.2, 0.25) is 0 Å². The van der Waals surface area contributed by atoms with Crippen molar-refractivity contribution >= 4 is 0 Å². The van der Waals surface area contributed by atoms with Crippen LogP contribution >= 0.6 is 0 Å². The Labute approximate surface area is 130 Å². The minimum Gasteiger partial charge on any atom is -0.318 e. The zero-order valence-corrected chi connectivity index (χ0v) is 14.0. The Morgan fingerprint density at radius 3 is 2.38 bits per heavy atom. The first-order valence-electron chi connectivity index (χ1n) is 8.67. The Kier molecular flexibility index (Phi) is 6.72. The lowest BCUT2D eigenvalue weighted by atomic mass is 10.0. The van der Waals surface area contributed by atoms with Gasteiger partial charge in [0.25, 0.3) is 0 Å². The zero-order valence-electron chi connectivity index (χ0n) is 14.0. The van der Waals surface area contributed by atoms with Crippen LogP contribution in [0.5, 0.6) is 0 Å². The molecule has 1 fully saturated rings. The fraction of sp³-hybridized carbons (Fsp3) is 0.684. The second kappa shape index (κ2) is 8.55. The molecule has 1 aliphatic rings. The highest BCUT2D eigenvalue weighted by atomic mass is 15.2. The van der Waals surface area contributed by atoms with Crippen LogP contribution in [0.4, 0.5) is 0 Å². The van der Waals surface area contributed by atoms with E-state index in [0.29, 0.717) is 6.04 Å². The van der Waals surface area contributed by atoms with Crippen LogP contribution in [0.3, 0.4) is 0 Å². The molecule has 2 heteroatoms. The number of hydrogen-bond acceptors (Lipinski definition) is 2. The lowest BCUT2D eigenvalue weighted by molar-refractivity contribution is 0.126. The van der Waals surface area contributed by atoms with Crippen molar-refractivity contribution in [2.45, 2.75) is 58.0 Å². The SMILES string of the molecule is CNCC(c1ccccc1)N(CCC(C)C)C1CCCC1. The van der Waals surface area contributed by atoms with Crippen LogP contribution in [0.25, 0.3) is 0 Å². The largest absolute Gasteiger partial charge is 0.318 e. The van der Waals surface area contributed by atoms with Crippen molar-refractivity contribution in [1.82, 2.24) is 10.2 Å². The number of rotatable bonds is 8. The molecule has 0 aliphatic heterocycles. The van der Waals surface area contributed by atoms with Crippen molar-refractivity contribution in [3.63, 3.8) is 0 Å². The number of nitrogens with one attached hydrogen (secondary N) is 1. The molecule has 0 amide bonds. The summed E-state index contributed by atoms with van der Waals surface area (Å²) in [5.41, 5.74) is 1.46. The van der Waals surface area contributed by atoms with E-state index in [9.17, 15) is 0 Å². The molecule has 1 aliphatic carbocycles. The summed E-state index contributed by atoms with van der Waals surface area (Å²) in [4.78, 5) is 2.79. The topological polar surface area (TPSA) is 15.3 Å². The third-order valence-electron chi connectivity index (χ3n) is 4.74. The van der Waals surface area contributed by atoms with Crippen LogP contribution < -0.4 is 5.32 Å². The Morgan fingerprint density at radius 1 is 1.14 bits per heavy atom. The Balaban J connectivity index is 2.16. The molecule has 0 radical (unpaired) electrons. The molecule has 1 saturated carbocycles. The van der Waals surface area contributed by atoms with E-state index in [1.807, 2.05) is 0 Å². The first kappa shape index (κ1) is 16.5. The van der Waals surface area contributed by atoms with Gasteiger partial charge in [-0.2, -0.15) is 0 Å². The molecule has 0 spiro atoms. The summed E-state index contributed by atoms with van der Waals surface area (Å²) in [6.07, 6.45) is 6.87. The fourth-order valence-electron chi connectivity index (χ4n) is 3.53. The molecular weight excluding hydrogens is 256 g/mol. The number of hydrogen-bond donors (Lipinski definition) is 1. The first-order chi connectivity index (χ1) is 10.2. The normalized spacial score (nSPS) is 17.8. The summed E-state index contributed by atoms with van der Waals surface area (Å²) >= 11 is 0. The minimum atomic E-state index is 0.512. The van der Waals surface area contributed by atoms with E-state index >= 15 is 0 Å². The average molecular weight is 288 g/mol. The van der Waals surface area contributed by atoms with E-state index in [-0.39, 0.29) is 0 Å². The van der Waals surface area contributed by atoms with Gasteiger partial charge < -0.3 is 5.32 Å². The maximum atomic E-state index is 3.42. The molecule has 1 N–H and O–H groups in total. The second-order valence-electron chi connectivity index (χ2n) is 6.84. The van der Waals surface area contributed by atoms with Crippen LogP contribution in [0.1, 0.15) is 57.6 Å². The van der Waals surface area contributed by atoms with E-state index in [1.54, 1.807) is 0 Å². The first-order valence-corrected chi connectivity index (χ1v) is 8.67. The standard InChI is InChI=1S/C19H32N2/c1-16(2)13-14-21(18-11-7-8-12-18)19(15-20-3)17-9-5-4-6-10-17/h4-6,9-10,16,18-20H,7-8,11-15H2,1-3H3.